The first-order chi connectivity index (χ1) is 12.4. The van der Waals surface area contributed by atoms with E-state index in [1.54, 1.807) is 0 Å². The Bertz CT molecular complexity index is 844. The molecule has 2 aromatic rings. The highest BCUT2D eigenvalue weighted by molar-refractivity contribution is 5.82. The monoisotopic (exact) mass is 361 g/mol. The second-order valence-electron chi connectivity index (χ2n) is 7.23. The number of nitrogens with zero attached hydrogens (tertiary/aromatic N) is 4. The highest BCUT2D eigenvalue weighted by Gasteiger charge is 2.50. The molecular formula is C16H23N7O3. The van der Waals surface area contributed by atoms with Crippen LogP contribution >= 0.6 is 0 Å². The number of anilines is 2. The minimum absolute atomic E-state index is 0.122. The zero-order valence-corrected chi connectivity index (χ0v) is 14.8. The first kappa shape index (κ1) is 16.8. The molecule has 10 nitrogen and oxygen atoms in total. The van der Waals surface area contributed by atoms with E-state index in [1.807, 2.05) is 13.8 Å². The maximum absolute atomic E-state index is 11.2. The van der Waals surface area contributed by atoms with Gasteiger partial charge in [-0.1, -0.05) is 0 Å². The molecule has 10 heteroatoms. The SMILES string of the molecule is Cc1nc2c(N)n[nH]c2nc1N1CCC2(CC1)CO[C@@H](C)[C@H]2NC(=O)O. The van der Waals surface area contributed by atoms with Crippen LogP contribution in [0.15, 0.2) is 0 Å². The summed E-state index contributed by atoms with van der Waals surface area (Å²) in [5, 5.41) is 18.6. The number of carboxylic acid groups (broad SMARTS) is 1. The number of nitrogen functional groups attached to an aromatic ring is 1. The summed E-state index contributed by atoms with van der Waals surface area (Å²) in [6, 6.07) is -0.191. The number of rotatable bonds is 2. The predicted molar refractivity (Wildman–Crippen MR) is 95.1 cm³/mol. The van der Waals surface area contributed by atoms with Crippen LogP contribution in [0, 0.1) is 12.3 Å². The smallest absolute Gasteiger partial charge is 0.404 e. The van der Waals surface area contributed by atoms with E-state index in [0.717, 1.165) is 37.4 Å². The lowest BCUT2D eigenvalue weighted by atomic mass is 9.73. The third kappa shape index (κ3) is 2.61. The van der Waals surface area contributed by atoms with Gasteiger partial charge in [-0.15, -0.1) is 0 Å². The fraction of sp³-hybridized carbons (Fsp3) is 0.625. The van der Waals surface area contributed by atoms with Crippen molar-refractivity contribution in [2.75, 3.05) is 30.3 Å². The number of hydrogen-bond donors (Lipinski definition) is 4. The number of hydrogen-bond acceptors (Lipinski definition) is 7. The lowest BCUT2D eigenvalue weighted by Gasteiger charge is -2.42. The predicted octanol–water partition coefficient (Wildman–Crippen LogP) is 0.885. The molecule has 5 N–H and O–H groups in total. The summed E-state index contributed by atoms with van der Waals surface area (Å²) in [6.07, 6.45) is 0.528. The number of aryl methyl sites for hydroxylation is 1. The van der Waals surface area contributed by atoms with Crippen molar-refractivity contribution in [1.82, 2.24) is 25.5 Å². The van der Waals surface area contributed by atoms with E-state index in [1.165, 1.54) is 0 Å². The Labute approximate surface area is 150 Å². The number of carbonyl (C=O) groups is 1. The number of nitrogens with one attached hydrogen (secondary N) is 2. The van der Waals surface area contributed by atoms with Gasteiger partial charge in [-0.2, -0.15) is 5.10 Å². The average molecular weight is 361 g/mol. The molecule has 4 rings (SSSR count). The Kier molecular flexibility index (Phi) is 3.87. The lowest BCUT2D eigenvalue weighted by Crippen LogP contribution is -2.54. The van der Waals surface area contributed by atoms with E-state index in [2.05, 4.69) is 30.4 Å². The molecular weight excluding hydrogens is 338 g/mol. The van der Waals surface area contributed by atoms with Gasteiger partial charge in [0, 0.05) is 18.5 Å². The molecule has 2 atom stereocenters. The average Bonchev–Trinajstić information content (AvgIpc) is 3.10. The molecule has 0 aromatic carbocycles. The number of aromatic amines is 1. The van der Waals surface area contributed by atoms with Gasteiger partial charge in [-0.25, -0.2) is 14.8 Å². The molecule has 2 aromatic heterocycles. The topological polar surface area (TPSA) is 142 Å². The number of aromatic nitrogens is 4. The van der Waals surface area contributed by atoms with Crippen molar-refractivity contribution in [1.29, 1.82) is 0 Å². The third-order valence-corrected chi connectivity index (χ3v) is 5.67. The molecule has 0 aliphatic carbocycles. The van der Waals surface area contributed by atoms with E-state index < -0.39 is 6.09 Å². The molecule has 1 spiro atoms. The van der Waals surface area contributed by atoms with Crippen molar-refractivity contribution in [2.24, 2.45) is 5.41 Å². The molecule has 140 valence electrons. The fourth-order valence-electron chi connectivity index (χ4n) is 4.24. The summed E-state index contributed by atoms with van der Waals surface area (Å²) in [7, 11) is 0. The minimum Gasteiger partial charge on any atom is -0.465 e. The Hall–Kier alpha value is -2.62. The van der Waals surface area contributed by atoms with Gasteiger partial charge in [0.15, 0.2) is 22.8 Å². The van der Waals surface area contributed by atoms with Crippen LogP contribution in [-0.2, 0) is 4.74 Å². The van der Waals surface area contributed by atoms with Crippen molar-refractivity contribution in [3.05, 3.63) is 5.69 Å². The molecule has 0 bridgehead atoms. The molecule has 4 heterocycles. The van der Waals surface area contributed by atoms with E-state index >= 15 is 0 Å². The van der Waals surface area contributed by atoms with Gasteiger partial charge in [0.25, 0.3) is 0 Å². The standard InChI is InChI=1S/C16H23N7O3/c1-8-14(20-13-10(18-8)12(17)21-22-13)23-5-3-16(4-6-23)7-26-9(2)11(16)19-15(24)25/h9,11,19H,3-7H2,1-2H3,(H,24,25)(H3,17,20,21,22)/t9-,11+/m0/s1. The van der Waals surface area contributed by atoms with Gasteiger partial charge in [0.2, 0.25) is 0 Å². The summed E-state index contributed by atoms with van der Waals surface area (Å²) in [6.45, 7) is 5.94. The molecule has 2 aliphatic rings. The van der Waals surface area contributed by atoms with Crippen LogP contribution in [0.2, 0.25) is 0 Å². The number of fused-ring (bicyclic) bond motifs is 1. The van der Waals surface area contributed by atoms with Crippen molar-refractivity contribution in [3.8, 4) is 0 Å². The maximum Gasteiger partial charge on any atom is 0.404 e. The van der Waals surface area contributed by atoms with E-state index in [-0.39, 0.29) is 17.6 Å². The highest BCUT2D eigenvalue weighted by Crippen LogP contribution is 2.43. The molecule has 0 saturated carbocycles. The Balaban J connectivity index is 1.55. The van der Waals surface area contributed by atoms with Gasteiger partial charge >= 0.3 is 6.09 Å². The Morgan fingerprint density at radius 1 is 1.42 bits per heavy atom. The fourth-order valence-corrected chi connectivity index (χ4v) is 4.24. The van der Waals surface area contributed by atoms with Crippen molar-refractivity contribution in [3.63, 3.8) is 0 Å². The molecule has 0 unspecified atom stereocenters. The molecule has 2 saturated heterocycles. The van der Waals surface area contributed by atoms with Gasteiger partial charge in [0.1, 0.15) is 0 Å². The molecule has 2 fully saturated rings. The van der Waals surface area contributed by atoms with Crippen LogP contribution in [0.1, 0.15) is 25.5 Å². The van der Waals surface area contributed by atoms with Crippen LogP contribution in [-0.4, -0.2) is 63.2 Å². The number of amides is 1. The number of H-pyrrole nitrogens is 1. The van der Waals surface area contributed by atoms with Crippen LogP contribution in [0.3, 0.4) is 0 Å². The molecule has 2 aliphatic heterocycles. The summed E-state index contributed by atoms with van der Waals surface area (Å²) in [4.78, 5) is 22.5. The molecule has 0 radical (unpaired) electrons. The first-order valence-corrected chi connectivity index (χ1v) is 8.74. The first-order valence-electron chi connectivity index (χ1n) is 8.74. The Morgan fingerprint density at radius 2 is 2.15 bits per heavy atom. The van der Waals surface area contributed by atoms with Crippen LogP contribution < -0.4 is 16.0 Å². The second kappa shape index (κ2) is 5.97. The second-order valence-corrected chi connectivity index (χ2v) is 7.23. The quantitative estimate of drug-likeness (QED) is 0.617. The molecule has 1 amide bonds. The maximum atomic E-state index is 11.2. The van der Waals surface area contributed by atoms with Crippen LogP contribution in [0.5, 0.6) is 0 Å². The Morgan fingerprint density at radius 3 is 2.85 bits per heavy atom. The van der Waals surface area contributed by atoms with Crippen LogP contribution in [0.25, 0.3) is 11.2 Å². The van der Waals surface area contributed by atoms with Crippen molar-refractivity contribution in [2.45, 2.75) is 38.8 Å². The van der Waals surface area contributed by atoms with E-state index in [9.17, 15) is 4.79 Å². The summed E-state index contributed by atoms with van der Waals surface area (Å²) >= 11 is 0. The van der Waals surface area contributed by atoms with Gasteiger partial charge in [-0.05, 0) is 26.7 Å². The van der Waals surface area contributed by atoms with E-state index in [0.29, 0.717) is 23.6 Å². The van der Waals surface area contributed by atoms with Crippen molar-refractivity contribution < 1.29 is 14.6 Å². The minimum atomic E-state index is -1.00. The number of nitrogens with two attached hydrogens (primary N) is 1. The summed E-state index contributed by atoms with van der Waals surface area (Å²) in [5.74, 6) is 1.16. The molecule has 26 heavy (non-hydrogen) atoms. The lowest BCUT2D eigenvalue weighted by molar-refractivity contribution is 0.0970. The number of ether oxygens (including phenoxy) is 1. The largest absolute Gasteiger partial charge is 0.465 e. The zero-order chi connectivity index (χ0) is 18.5. The normalized spacial score (nSPS) is 25.1. The summed E-state index contributed by atoms with van der Waals surface area (Å²) < 4.78 is 5.79. The summed E-state index contributed by atoms with van der Waals surface area (Å²) in [5.41, 5.74) is 7.59. The van der Waals surface area contributed by atoms with Gasteiger partial charge < -0.3 is 25.8 Å². The van der Waals surface area contributed by atoms with Gasteiger partial charge in [0.05, 0.1) is 24.4 Å². The van der Waals surface area contributed by atoms with Crippen LogP contribution in [0.4, 0.5) is 16.4 Å². The van der Waals surface area contributed by atoms with Gasteiger partial charge in [-0.3, -0.25) is 5.10 Å². The van der Waals surface area contributed by atoms with Crippen molar-refractivity contribution >= 4 is 28.9 Å². The zero-order valence-electron chi connectivity index (χ0n) is 14.8. The van der Waals surface area contributed by atoms with E-state index in [4.69, 9.17) is 15.6 Å². The third-order valence-electron chi connectivity index (χ3n) is 5.67. The number of piperidine rings is 1. The highest BCUT2D eigenvalue weighted by atomic mass is 16.5.